The maximum Gasteiger partial charge on any atom is 0.0606 e. The van der Waals surface area contributed by atoms with Crippen molar-refractivity contribution in [1.29, 1.82) is 0 Å². The first-order valence-electron chi connectivity index (χ1n) is 6.04. The second-order valence-electron chi connectivity index (χ2n) is 4.65. The number of aryl methyl sites for hydroxylation is 1. The van der Waals surface area contributed by atoms with Gasteiger partial charge in [-0.15, -0.1) is 0 Å². The standard InChI is InChI=1S/C13H20N2O2/c1-9-6-13-11(7-12(9)14)10(8-17)2-3-15(13)4-5-16/h6-7,10,16-17H,2-5,8,14H2,1H3. The minimum Gasteiger partial charge on any atom is -0.399 e. The summed E-state index contributed by atoms with van der Waals surface area (Å²) in [6, 6.07) is 4.03. The lowest BCUT2D eigenvalue weighted by Crippen LogP contribution is -2.34. The molecule has 0 fully saturated rings. The van der Waals surface area contributed by atoms with Gasteiger partial charge in [-0.3, -0.25) is 0 Å². The Hall–Kier alpha value is -1.26. The first-order chi connectivity index (χ1) is 8.17. The number of nitrogens with zero attached hydrogens (tertiary/aromatic N) is 1. The molecule has 4 heteroatoms. The van der Waals surface area contributed by atoms with Crippen molar-refractivity contribution in [2.75, 3.05) is 36.9 Å². The van der Waals surface area contributed by atoms with Crippen LogP contribution in [0.1, 0.15) is 23.5 Å². The Morgan fingerprint density at radius 1 is 1.41 bits per heavy atom. The van der Waals surface area contributed by atoms with Gasteiger partial charge in [-0.1, -0.05) is 0 Å². The van der Waals surface area contributed by atoms with Gasteiger partial charge in [0.1, 0.15) is 0 Å². The number of hydrogen-bond donors (Lipinski definition) is 3. The Morgan fingerprint density at radius 3 is 2.82 bits per heavy atom. The fourth-order valence-electron chi connectivity index (χ4n) is 2.46. The zero-order valence-electron chi connectivity index (χ0n) is 10.2. The van der Waals surface area contributed by atoms with Crippen LogP contribution >= 0.6 is 0 Å². The predicted octanol–water partition coefficient (Wildman–Crippen LogP) is 0.856. The van der Waals surface area contributed by atoms with Gasteiger partial charge in [-0.25, -0.2) is 0 Å². The van der Waals surface area contributed by atoms with Gasteiger partial charge in [0.2, 0.25) is 0 Å². The fourth-order valence-corrected chi connectivity index (χ4v) is 2.46. The first kappa shape index (κ1) is 12.2. The van der Waals surface area contributed by atoms with E-state index in [9.17, 15) is 5.11 Å². The maximum atomic E-state index is 9.41. The molecule has 4 nitrogen and oxygen atoms in total. The Morgan fingerprint density at radius 2 is 2.18 bits per heavy atom. The van der Waals surface area contributed by atoms with E-state index in [0.29, 0.717) is 6.54 Å². The molecule has 1 aliphatic rings. The predicted molar refractivity (Wildman–Crippen MR) is 69.3 cm³/mol. The van der Waals surface area contributed by atoms with Crippen LogP contribution in [0.5, 0.6) is 0 Å². The molecule has 0 aromatic heterocycles. The summed E-state index contributed by atoms with van der Waals surface area (Å²) in [4.78, 5) is 2.16. The molecule has 1 atom stereocenters. The highest BCUT2D eigenvalue weighted by molar-refractivity contribution is 5.65. The average Bonchev–Trinajstić information content (AvgIpc) is 2.32. The summed E-state index contributed by atoms with van der Waals surface area (Å²) in [7, 11) is 0. The van der Waals surface area contributed by atoms with Gasteiger partial charge >= 0.3 is 0 Å². The molecule has 1 aromatic rings. The Labute approximate surface area is 102 Å². The molecule has 0 spiro atoms. The lowest BCUT2D eigenvalue weighted by Gasteiger charge is -2.35. The van der Waals surface area contributed by atoms with Crippen molar-refractivity contribution < 1.29 is 10.2 Å². The second-order valence-corrected chi connectivity index (χ2v) is 4.65. The molecular weight excluding hydrogens is 216 g/mol. The van der Waals surface area contributed by atoms with Crippen LogP contribution in [0.3, 0.4) is 0 Å². The summed E-state index contributed by atoms with van der Waals surface area (Å²) in [5.41, 5.74) is 9.96. The molecule has 0 amide bonds. The summed E-state index contributed by atoms with van der Waals surface area (Å²) >= 11 is 0. The van der Waals surface area contributed by atoms with E-state index in [1.165, 1.54) is 0 Å². The number of aliphatic hydroxyl groups excluding tert-OH is 2. The fraction of sp³-hybridized carbons (Fsp3) is 0.538. The quantitative estimate of drug-likeness (QED) is 0.681. The summed E-state index contributed by atoms with van der Waals surface area (Å²) in [5, 5.41) is 18.5. The van der Waals surface area contributed by atoms with Gasteiger partial charge in [-0.05, 0) is 36.6 Å². The van der Waals surface area contributed by atoms with Gasteiger partial charge < -0.3 is 20.8 Å². The number of fused-ring (bicyclic) bond motifs is 1. The van der Waals surface area contributed by atoms with Crippen LogP contribution in [-0.4, -0.2) is 36.5 Å². The lowest BCUT2D eigenvalue weighted by molar-refractivity contribution is 0.254. The second kappa shape index (κ2) is 4.94. The third-order valence-corrected chi connectivity index (χ3v) is 3.53. The van der Waals surface area contributed by atoms with Crippen LogP contribution in [0, 0.1) is 6.92 Å². The van der Waals surface area contributed by atoms with E-state index in [1.807, 2.05) is 13.0 Å². The molecule has 1 unspecified atom stereocenters. The molecule has 1 heterocycles. The van der Waals surface area contributed by atoms with Crippen LogP contribution in [0.2, 0.25) is 0 Å². The van der Waals surface area contributed by atoms with Crippen molar-refractivity contribution in [3.8, 4) is 0 Å². The molecule has 94 valence electrons. The van der Waals surface area contributed by atoms with E-state index < -0.39 is 0 Å². The minimum absolute atomic E-state index is 0.145. The average molecular weight is 236 g/mol. The van der Waals surface area contributed by atoms with Crippen LogP contribution < -0.4 is 10.6 Å². The zero-order chi connectivity index (χ0) is 12.4. The maximum absolute atomic E-state index is 9.41. The van der Waals surface area contributed by atoms with Crippen molar-refractivity contribution in [2.45, 2.75) is 19.3 Å². The van der Waals surface area contributed by atoms with Crippen molar-refractivity contribution in [1.82, 2.24) is 0 Å². The van der Waals surface area contributed by atoms with Crippen LogP contribution in [0.4, 0.5) is 11.4 Å². The molecule has 1 aromatic carbocycles. The summed E-state index contributed by atoms with van der Waals surface area (Å²) in [6.07, 6.45) is 0.909. The summed E-state index contributed by atoms with van der Waals surface area (Å²) in [6.45, 7) is 3.79. The lowest BCUT2D eigenvalue weighted by atomic mass is 9.89. The van der Waals surface area contributed by atoms with Gasteiger partial charge in [0.25, 0.3) is 0 Å². The van der Waals surface area contributed by atoms with E-state index in [1.54, 1.807) is 0 Å². The number of benzene rings is 1. The Kier molecular flexibility index (Phi) is 3.54. The minimum atomic E-state index is 0.145. The van der Waals surface area contributed by atoms with Crippen molar-refractivity contribution >= 4 is 11.4 Å². The van der Waals surface area contributed by atoms with E-state index in [0.717, 1.165) is 35.5 Å². The van der Waals surface area contributed by atoms with Crippen LogP contribution in [0.15, 0.2) is 12.1 Å². The summed E-state index contributed by atoms with van der Waals surface area (Å²) < 4.78 is 0. The molecule has 0 radical (unpaired) electrons. The number of anilines is 2. The molecule has 2 rings (SSSR count). The van der Waals surface area contributed by atoms with Crippen LogP contribution in [0.25, 0.3) is 0 Å². The van der Waals surface area contributed by atoms with Crippen molar-refractivity contribution in [3.05, 3.63) is 23.3 Å². The van der Waals surface area contributed by atoms with Gasteiger partial charge in [-0.2, -0.15) is 0 Å². The topological polar surface area (TPSA) is 69.7 Å². The molecule has 17 heavy (non-hydrogen) atoms. The van der Waals surface area contributed by atoms with Crippen LogP contribution in [-0.2, 0) is 0 Å². The molecule has 0 bridgehead atoms. The zero-order valence-corrected chi connectivity index (χ0v) is 10.2. The third-order valence-electron chi connectivity index (χ3n) is 3.53. The number of nitrogens with two attached hydrogens (primary N) is 1. The Balaban J connectivity index is 2.43. The highest BCUT2D eigenvalue weighted by Crippen LogP contribution is 2.37. The van der Waals surface area contributed by atoms with E-state index in [-0.39, 0.29) is 19.1 Å². The molecule has 0 saturated carbocycles. The smallest absolute Gasteiger partial charge is 0.0606 e. The highest BCUT2D eigenvalue weighted by atomic mass is 16.3. The number of rotatable bonds is 3. The highest BCUT2D eigenvalue weighted by Gasteiger charge is 2.25. The first-order valence-corrected chi connectivity index (χ1v) is 6.04. The Bertz CT molecular complexity index is 407. The molecular formula is C13H20N2O2. The van der Waals surface area contributed by atoms with E-state index >= 15 is 0 Å². The largest absolute Gasteiger partial charge is 0.399 e. The van der Waals surface area contributed by atoms with Crippen molar-refractivity contribution in [3.63, 3.8) is 0 Å². The normalized spacial score (nSPS) is 19.2. The van der Waals surface area contributed by atoms with Crippen molar-refractivity contribution in [2.24, 2.45) is 0 Å². The monoisotopic (exact) mass is 236 g/mol. The van der Waals surface area contributed by atoms with Gasteiger partial charge in [0.15, 0.2) is 0 Å². The SMILES string of the molecule is Cc1cc2c(cc1N)C(CO)CCN2CCO. The number of hydrogen-bond acceptors (Lipinski definition) is 4. The molecule has 1 aliphatic heterocycles. The number of aliphatic hydroxyl groups is 2. The van der Waals surface area contributed by atoms with Gasteiger partial charge in [0, 0.05) is 30.4 Å². The third kappa shape index (κ3) is 2.23. The van der Waals surface area contributed by atoms with E-state index in [4.69, 9.17) is 10.8 Å². The number of β-amino-alcohol motifs (C(OH)–C–C–N with tert-alkyl or cyclic N) is 1. The number of nitrogen functional groups attached to an aromatic ring is 1. The molecule has 0 saturated heterocycles. The van der Waals surface area contributed by atoms with E-state index in [2.05, 4.69) is 11.0 Å². The molecule has 0 aliphatic carbocycles. The molecule has 4 N–H and O–H groups in total. The van der Waals surface area contributed by atoms with Gasteiger partial charge in [0.05, 0.1) is 13.2 Å². The summed E-state index contributed by atoms with van der Waals surface area (Å²) in [5.74, 6) is 0.169.